The highest BCUT2D eigenvalue weighted by Gasteiger charge is 2.19. The Hall–Kier alpha value is -3.60. The second-order valence-electron chi connectivity index (χ2n) is 9.42. The second kappa shape index (κ2) is 17.5. The molecule has 1 atom stereocenters. The van der Waals surface area contributed by atoms with Crippen molar-refractivity contribution in [3.05, 3.63) is 93.5 Å². The summed E-state index contributed by atoms with van der Waals surface area (Å²) < 4.78 is 49.3. The Bertz CT molecular complexity index is 1320. The molecule has 0 aliphatic heterocycles. The van der Waals surface area contributed by atoms with Crippen molar-refractivity contribution in [2.75, 3.05) is 32.9 Å². The summed E-state index contributed by atoms with van der Waals surface area (Å²) >= 11 is 12.0. The van der Waals surface area contributed by atoms with Crippen molar-refractivity contribution in [2.45, 2.75) is 38.9 Å². The van der Waals surface area contributed by atoms with E-state index in [-0.39, 0.29) is 31.7 Å². The highest BCUT2D eigenvalue weighted by Crippen LogP contribution is 2.24. The summed E-state index contributed by atoms with van der Waals surface area (Å²) in [5, 5.41) is 10.2. The quantitative estimate of drug-likeness (QED) is 0.156. The fourth-order valence-electron chi connectivity index (χ4n) is 4.00. The maximum Gasteiger partial charge on any atom is 0.410 e. The molecule has 0 radical (unpaired) electrons. The minimum atomic E-state index is -1.03. The Morgan fingerprint density at radius 2 is 1.58 bits per heavy atom. The van der Waals surface area contributed by atoms with Crippen LogP contribution in [0, 0.1) is 11.6 Å². The molecule has 12 heteroatoms. The number of halogens is 4. The largest absolute Gasteiger partial charge is 0.493 e. The van der Waals surface area contributed by atoms with Crippen LogP contribution in [0.4, 0.5) is 13.6 Å². The standard InChI is InChI=1S/C31H33Cl2F2NO7/c1-2-40-29(30(37)38)15-21-5-9-26(10-6-21)42-14-12-36(31(39)43-20-22-7-8-25(34)19-28(22)35)11-3-4-13-41-27-17-23(32)16-24(33)18-27/h5-10,16-19,29H,2-4,11-15,20H2,1H3,(H,37,38). The maximum atomic E-state index is 14.0. The Balaban J connectivity index is 1.53. The molecular formula is C31H33Cl2F2NO7. The Labute approximate surface area is 259 Å². The van der Waals surface area contributed by atoms with E-state index < -0.39 is 29.8 Å². The number of carboxylic acid groups (broad SMARTS) is 1. The van der Waals surface area contributed by atoms with Gasteiger partial charge in [0.2, 0.25) is 0 Å². The highest BCUT2D eigenvalue weighted by atomic mass is 35.5. The van der Waals surface area contributed by atoms with Crippen LogP contribution in [0.3, 0.4) is 0 Å². The first-order valence-corrected chi connectivity index (χ1v) is 14.4. The van der Waals surface area contributed by atoms with E-state index in [0.717, 1.165) is 17.7 Å². The second-order valence-corrected chi connectivity index (χ2v) is 10.3. The van der Waals surface area contributed by atoms with Crippen molar-refractivity contribution < 1.29 is 42.4 Å². The first-order valence-electron chi connectivity index (χ1n) is 13.6. The molecule has 1 amide bonds. The average molecular weight is 641 g/mol. The number of carbonyl (C=O) groups excluding carboxylic acids is 1. The lowest BCUT2D eigenvalue weighted by Crippen LogP contribution is -2.36. The Morgan fingerprint density at radius 1 is 0.884 bits per heavy atom. The van der Waals surface area contributed by atoms with Crippen LogP contribution in [0.5, 0.6) is 11.5 Å². The average Bonchev–Trinajstić information content (AvgIpc) is 2.95. The number of unbranched alkanes of at least 4 members (excludes halogenated alkanes) is 1. The van der Waals surface area contributed by atoms with E-state index in [1.165, 1.54) is 11.0 Å². The summed E-state index contributed by atoms with van der Waals surface area (Å²) in [5.41, 5.74) is 0.822. The monoisotopic (exact) mass is 639 g/mol. The van der Waals surface area contributed by atoms with E-state index in [4.69, 9.17) is 42.1 Å². The molecule has 232 valence electrons. The molecule has 0 heterocycles. The fourth-order valence-corrected chi connectivity index (χ4v) is 4.50. The van der Waals surface area contributed by atoms with Crippen LogP contribution in [0.15, 0.2) is 60.7 Å². The van der Waals surface area contributed by atoms with Gasteiger partial charge in [-0.25, -0.2) is 18.4 Å². The lowest BCUT2D eigenvalue weighted by atomic mass is 10.1. The Morgan fingerprint density at radius 3 is 2.23 bits per heavy atom. The molecule has 3 aromatic rings. The zero-order valence-corrected chi connectivity index (χ0v) is 25.1. The van der Waals surface area contributed by atoms with Gasteiger partial charge in [-0.15, -0.1) is 0 Å². The van der Waals surface area contributed by atoms with E-state index in [9.17, 15) is 23.5 Å². The third kappa shape index (κ3) is 11.9. The van der Waals surface area contributed by atoms with Gasteiger partial charge in [-0.3, -0.25) is 0 Å². The summed E-state index contributed by atoms with van der Waals surface area (Å²) in [6, 6.07) is 14.9. The number of carbonyl (C=O) groups is 2. The Kier molecular flexibility index (Phi) is 13.8. The van der Waals surface area contributed by atoms with E-state index in [2.05, 4.69) is 0 Å². The lowest BCUT2D eigenvalue weighted by molar-refractivity contribution is -0.149. The molecule has 0 bridgehead atoms. The third-order valence-electron chi connectivity index (χ3n) is 6.17. The van der Waals surface area contributed by atoms with Crippen LogP contribution in [0.2, 0.25) is 10.0 Å². The molecular weight excluding hydrogens is 607 g/mol. The smallest absolute Gasteiger partial charge is 0.410 e. The zero-order chi connectivity index (χ0) is 31.2. The molecule has 0 fully saturated rings. The van der Waals surface area contributed by atoms with Gasteiger partial charge in [0.1, 0.15) is 36.3 Å². The minimum absolute atomic E-state index is 0.0501. The lowest BCUT2D eigenvalue weighted by Gasteiger charge is -2.22. The van der Waals surface area contributed by atoms with Crippen LogP contribution >= 0.6 is 23.2 Å². The number of carboxylic acids is 1. The summed E-state index contributed by atoms with van der Waals surface area (Å²) in [6.07, 6.45) is -0.240. The highest BCUT2D eigenvalue weighted by molar-refractivity contribution is 6.34. The molecule has 0 aliphatic rings. The minimum Gasteiger partial charge on any atom is -0.493 e. The van der Waals surface area contributed by atoms with E-state index in [1.54, 1.807) is 49.4 Å². The molecule has 3 aromatic carbocycles. The van der Waals surface area contributed by atoms with Crippen molar-refractivity contribution >= 4 is 35.3 Å². The molecule has 8 nitrogen and oxygen atoms in total. The topological polar surface area (TPSA) is 94.5 Å². The fraction of sp³-hybridized carbons (Fsp3) is 0.355. The van der Waals surface area contributed by atoms with E-state index in [0.29, 0.717) is 54.1 Å². The normalized spacial score (nSPS) is 11.6. The first-order chi connectivity index (χ1) is 20.6. The van der Waals surface area contributed by atoms with Gasteiger partial charge in [0.05, 0.1) is 13.2 Å². The number of hydrogen-bond acceptors (Lipinski definition) is 6. The number of hydrogen-bond donors (Lipinski definition) is 1. The van der Waals surface area contributed by atoms with Crippen molar-refractivity contribution in [1.82, 2.24) is 4.90 Å². The summed E-state index contributed by atoms with van der Waals surface area (Å²) in [4.78, 5) is 25.7. The summed E-state index contributed by atoms with van der Waals surface area (Å²) in [5.74, 6) is -1.50. The number of nitrogens with zero attached hydrogens (tertiary/aromatic N) is 1. The predicted molar refractivity (Wildman–Crippen MR) is 158 cm³/mol. The van der Waals surface area contributed by atoms with Gasteiger partial charge in [-0.2, -0.15) is 0 Å². The molecule has 0 spiro atoms. The number of rotatable bonds is 17. The number of benzene rings is 3. The molecule has 0 aromatic heterocycles. The number of amides is 1. The van der Waals surface area contributed by atoms with E-state index >= 15 is 0 Å². The van der Waals surface area contributed by atoms with Gasteiger partial charge in [-0.1, -0.05) is 35.3 Å². The molecule has 1 N–H and O–H groups in total. The summed E-state index contributed by atoms with van der Waals surface area (Å²) in [6.45, 7) is 2.63. The SMILES string of the molecule is CCOC(Cc1ccc(OCCN(CCCCOc2cc(Cl)cc(Cl)c2)C(=O)OCc2ccc(F)cc2F)cc1)C(=O)O. The molecule has 0 saturated heterocycles. The molecule has 3 rings (SSSR count). The third-order valence-corrected chi connectivity index (χ3v) is 6.61. The molecule has 43 heavy (non-hydrogen) atoms. The predicted octanol–water partition coefficient (Wildman–Crippen LogP) is 7.18. The first kappa shape index (κ1) is 33.9. The molecule has 0 saturated carbocycles. The number of aliphatic carboxylic acids is 1. The van der Waals surface area contributed by atoms with Gasteiger partial charge in [-0.05, 0) is 67.8 Å². The van der Waals surface area contributed by atoms with Crippen LogP contribution in [0.25, 0.3) is 0 Å². The maximum absolute atomic E-state index is 14.0. The van der Waals surface area contributed by atoms with Crippen LogP contribution in [-0.4, -0.2) is 61.1 Å². The van der Waals surface area contributed by atoms with Crippen LogP contribution < -0.4 is 9.47 Å². The van der Waals surface area contributed by atoms with Crippen molar-refractivity contribution in [3.63, 3.8) is 0 Å². The van der Waals surface area contributed by atoms with Crippen LogP contribution in [0.1, 0.15) is 30.9 Å². The zero-order valence-electron chi connectivity index (χ0n) is 23.6. The molecule has 1 unspecified atom stereocenters. The van der Waals surface area contributed by atoms with Crippen molar-refractivity contribution in [1.29, 1.82) is 0 Å². The van der Waals surface area contributed by atoms with Gasteiger partial charge in [0, 0.05) is 41.2 Å². The van der Waals surface area contributed by atoms with Gasteiger partial charge in [0.15, 0.2) is 6.10 Å². The van der Waals surface area contributed by atoms with Gasteiger partial charge < -0.3 is 29.0 Å². The molecule has 0 aliphatic carbocycles. The van der Waals surface area contributed by atoms with Crippen molar-refractivity contribution in [3.8, 4) is 11.5 Å². The van der Waals surface area contributed by atoms with Gasteiger partial charge in [0.25, 0.3) is 0 Å². The van der Waals surface area contributed by atoms with Crippen LogP contribution in [-0.2, 0) is 27.3 Å². The summed E-state index contributed by atoms with van der Waals surface area (Å²) in [7, 11) is 0. The van der Waals surface area contributed by atoms with Crippen molar-refractivity contribution in [2.24, 2.45) is 0 Å². The van der Waals surface area contributed by atoms with E-state index in [1.807, 2.05) is 0 Å². The van der Waals surface area contributed by atoms with Gasteiger partial charge >= 0.3 is 12.1 Å². The number of ether oxygens (including phenoxy) is 4.